The summed E-state index contributed by atoms with van der Waals surface area (Å²) in [5.41, 5.74) is 10.4. The molecule has 5 heteroatoms. The van der Waals surface area contributed by atoms with Crippen LogP contribution in [0.3, 0.4) is 0 Å². The van der Waals surface area contributed by atoms with Gasteiger partial charge >= 0.3 is 0 Å². The Labute approximate surface area is 136 Å². The molecule has 0 atom stereocenters. The van der Waals surface area contributed by atoms with E-state index in [-0.39, 0.29) is 0 Å². The van der Waals surface area contributed by atoms with Crippen molar-refractivity contribution >= 4 is 55.5 Å². The minimum Gasteiger partial charge on any atom is -0.399 e. The Morgan fingerprint density at radius 3 is 2.71 bits per heavy atom. The third kappa shape index (κ3) is 2.96. The zero-order valence-electron chi connectivity index (χ0n) is 11.3. The van der Waals surface area contributed by atoms with Crippen molar-refractivity contribution in [2.24, 2.45) is 0 Å². The standard InChI is InChI=1S/C16H13BrClN3/c1-9-6-16(12-7-10(19)2-5-15(12)20-9)21-11-3-4-14(18)13(17)8-11/h2-8H,19H2,1H3,(H,20,21). The summed E-state index contributed by atoms with van der Waals surface area (Å²) >= 11 is 9.45. The average Bonchev–Trinajstić information content (AvgIpc) is 2.43. The maximum atomic E-state index is 6.02. The second-order valence-corrected chi connectivity index (χ2v) is 6.10. The highest BCUT2D eigenvalue weighted by molar-refractivity contribution is 9.10. The first kappa shape index (κ1) is 14.2. The van der Waals surface area contributed by atoms with Gasteiger partial charge in [0.05, 0.1) is 10.5 Å². The second kappa shape index (κ2) is 5.54. The first-order valence-corrected chi connectivity index (χ1v) is 7.59. The second-order valence-electron chi connectivity index (χ2n) is 4.84. The van der Waals surface area contributed by atoms with Crippen LogP contribution in [-0.4, -0.2) is 4.98 Å². The van der Waals surface area contributed by atoms with Crippen molar-refractivity contribution in [2.75, 3.05) is 11.1 Å². The van der Waals surface area contributed by atoms with Crippen molar-refractivity contribution in [3.05, 3.63) is 57.7 Å². The molecule has 0 aliphatic rings. The van der Waals surface area contributed by atoms with E-state index in [4.69, 9.17) is 17.3 Å². The number of aryl methyl sites for hydroxylation is 1. The van der Waals surface area contributed by atoms with Gasteiger partial charge < -0.3 is 11.1 Å². The summed E-state index contributed by atoms with van der Waals surface area (Å²) in [6.07, 6.45) is 0. The molecule has 0 unspecified atom stereocenters. The van der Waals surface area contributed by atoms with Gasteiger partial charge in [0.1, 0.15) is 0 Å². The maximum Gasteiger partial charge on any atom is 0.0727 e. The van der Waals surface area contributed by atoms with Crippen molar-refractivity contribution in [1.29, 1.82) is 0 Å². The van der Waals surface area contributed by atoms with Crippen molar-refractivity contribution in [2.45, 2.75) is 6.92 Å². The van der Waals surface area contributed by atoms with Crippen LogP contribution in [0.25, 0.3) is 10.9 Å². The Morgan fingerprint density at radius 2 is 1.95 bits per heavy atom. The molecule has 3 aromatic rings. The van der Waals surface area contributed by atoms with E-state index in [1.165, 1.54) is 0 Å². The van der Waals surface area contributed by atoms with Gasteiger partial charge in [-0.2, -0.15) is 0 Å². The quantitative estimate of drug-likeness (QED) is 0.609. The molecule has 0 saturated carbocycles. The van der Waals surface area contributed by atoms with E-state index in [2.05, 4.69) is 26.2 Å². The van der Waals surface area contributed by atoms with E-state index in [0.29, 0.717) is 10.7 Å². The monoisotopic (exact) mass is 361 g/mol. The van der Waals surface area contributed by atoms with E-state index >= 15 is 0 Å². The number of hydrogen-bond donors (Lipinski definition) is 2. The Balaban J connectivity index is 2.10. The van der Waals surface area contributed by atoms with Crippen molar-refractivity contribution < 1.29 is 0 Å². The molecule has 106 valence electrons. The fourth-order valence-corrected chi connectivity index (χ4v) is 2.70. The van der Waals surface area contributed by atoms with E-state index in [1.54, 1.807) is 0 Å². The van der Waals surface area contributed by atoms with Gasteiger partial charge in [-0.05, 0) is 65.3 Å². The first-order chi connectivity index (χ1) is 10.0. The minimum atomic E-state index is 0.681. The summed E-state index contributed by atoms with van der Waals surface area (Å²) < 4.78 is 0.851. The van der Waals surface area contributed by atoms with Crippen molar-refractivity contribution in [3.8, 4) is 0 Å². The van der Waals surface area contributed by atoms with Crippen LogP contribution < -0.4 is 11.1 Å². The normalized spacial score (nSPS) is 10.8. The molecule has 2 aromatic carbocycles. The van der Waals surface area contributed by atoms with E-state index in [9.17, 15) is 0 Å². The smallest absolute Gasteiger partial charge is 0.0727 e. The van der Waals surface area contributed by atoms with Gasteiger partial charge in [0.2, 0.25) is 0 Å². The number of nitrogens with one attached hydrogen (secondary N) is 1. The largest absolute Gasteiger partial charge is 0.399 e. The van der Waals surface area contributed by atoms with Crippen molar-refractivity contribution in [1.82, 2.24) is 4.98 Å². The number of halogens is 2. The molecule has 0 amide bonds. The molecule has 3 nitrogen and oxygen atoms in total. The summed E-state index contributed by atoms with van der Waals surface area (Å²) in [4.78, 5) is 4.52. The molecule has 0 spiro atoms. The third-order valence-electron chi connectivity index (χ3n) is 3.16. The molecule has 3 N–H and O–H groups in total. The highest BCUT2D eigenvalue weighted by atomic mass is 79.9. The van der Waals surface area contributed by atoms with Gasteiger partial charge in [-0.1, -0.05) is 11.6 Å². The molecule has 21 heavy (non-hydrogen) atoms. The predicted octanol–water partition coefficient (Wildman–Crippen LogP) is 5.28. The maximum absolute atomic E-state index is 6.02. The Bertz CT molecular complexity index is 833. The van der Waals surface area contributed by atoms with E-state index in [0.717, 1.165) is 32.4 Å². The first-order valence-electron chi connectivity index (χ1n) is 6.42. The van der Waals surface area contributed by atoms with Crippen LogP contribution in [0.4, 0.5) is 17.1 Å². The molecule has 0 fully saturated rings. The molecule has 0 bridgehead atoms. The SMILES string of the molecule is Cc1cc(Nc2ccc(Cl)c(Br)c2)c2cc(N)ccc2n1. The van der Waals surface area contributed by atoms with Gasteiger partial charge in [0, 0.05) is 32.6 Å². The molecule has 3 rings (SSSR count). The lowest BCUT2D eigenvalue weighted by Gasteiger charge is -2.12. The lowest BCUT2D eigenvalue weighted by molar-refractivity contribution is 1.25. The number of fused-ring (bicyclic) bond motifs is 1. The number of rotatable bonds is 2. The number of aromatic nitrogens is 1. The molecule has 0 saturated heterocycles. The highest BCUT2D eigenvalue weighted by Gasteiger charge is 2.06. The number of nitrogens with zero attached hydrogens (tertiary/aromatic N) is 1. The molecule has 1 heterocycles. The van der Waals surface area contributed by atoms with Crippen LogP contribution in [0, 0.1) is 6.92 Å². The van der Waals surface area contributed by atoms with Gasteiger partial charge in [-0.25, -0.2) is 0 Å². The lowest BCUT2D eigenvalue weighted by atomic mass is 10.1. The van der Waals surface area contributed by atoms with Crippen LogP contribution in [0.15, 0.2) is 46.9 Å². The molecule has 0 aliphatic carbocycles. The number of nitrogen functional groups attached to an aromatic ring is 1. The number of nitrogens with two attached hydrogens (primary N) is 1. The van der Waals surface area contributed by atoms with Crippen LogP contribution in [0.5, 0.6) is 0 Å². The topological polar surface area (TPSA) is 50.9 Å². The Morgan fingerprint density at radius 1 is 1.14 bits per heavy atom. The average molecular weight is 363 g/mol. The summed E-state index contributed by atoms with van der Waals surface area (Å²) in [6.45, 7) is 1.97. The number of benzene rings is 2. The molecule has 1 aromatic heterocycles. The van der Waals surface area contributed by atoms with Gasteiger partial charge in [0.15, 0.2) is 0 Å². The molecular formula is C16H13BrClN3. The van der Waals surface area contributed by atoms with Crippen LogP contribution in [-0.2, 0) is 0 Å². The fourth-order valence-electron chi connectivity index (χ4n) is 2.21. The lowest BCUT2D eigenvalue weighted by Crippen LogP contribution is -1.96. The number of hydrogen-bond acceptors (Lipinski definition) is 3. The van der Waals surface area contributed by atoms with Gasteiger partial charge in [-0.15, -0.1) is 0 Å². The highest BCUT2D eigenvalue weighted by Crippen LogP contribution is 2.31. The van der Waals surface area contributed by atoms with E-state index < -0.39 is 0 Å². The third-order valence-corrected chi connectivity index (χ3v) is 4.37. The van der Waals surface area contributed by atoms with Crippen LogP contribution >= 0.6 is 27.5 Å². The number of anilines is 3. The molecule has 0 aliphatic heterocycles. The summed E-state index contributed by atoms with van der Waals surface area (Å²) in [7, 11) is 0. The molecular weight excluding hydrogens is 350 g/mol. The fraction of sp³-hybridized carbons (Fsp3) is 0.0625. The predicted molar refractivity (Wildman–Crippen MR) is 93.3 cm³/mol. The van der Waals surface area contributed by atoms with Crippen LogP contribution in [0.2, 0.25) is 5.02 Å². The Hall–Kier alpha value is -1.78. The number of pyridine rings is 1. The summed E-state index contributed by atoms with van der Waals surface area (Å²) in [5.74, 6) is 0. The van der Waals surface area contributed by atoms with Crippen LogP contribution in [0.1, 0.15) is 5.69 Å². The van der Waals surface area contributed by atoms with Crippen molar-refractivity contribution in [3.63, 3.8) is 0 Å². The van der Waals surface area contributed by atoms with Gasteiger partial charge in [-0.3, -0.25) is 4.98 Å². The van der Waals surface area contributed by atoms with E-state index in [1.807, 2.05) is 49.4 Å². The summed E-state index contributed by atoms with van der Waals surface area (Å²) in [6, 6.07) is 13.4. The zero-order chi connectivity index (χ0) is 15.0. The minimum absolute atomic E-state index is 0.681. The zero-order valence-corrected chi connectivity index (χ0v) is 13.7. The molecule has 0 radical (unpaired) electrons. The summed E-state index contributed by atoms with van der Waals surface area (Å²) in [5, 5.41) is 5.07. The van der Waals surface area contributed by atoms with Gasteiger partial charge in [0.25, 0.3) is 0 Å². The Kier molecular flexibility index (Phi) is 3.74.